The lowest BCUT2D eigenvalue weighted by molar-refractivity contribution is 0.302. The fourth-order valence-electron chi connectivity index (χ4n) is 1.75. The smallest absolute Gasteiger partial charge is 0.138 e. The van der Waals surface area contributed by atoms with Crippen LogP contribution < -0.4 is 4.74 Å². The van der Waals surface area contributed by atoms with Crippen molar-refractivity contribution in [2.45, 2.75) is 6.61 Å². The molecule has 1 aromatic carbocycles. The molecule has 0 aliphatic heterocycles. The van der Waals surface area contributed by atoms with Crippen LogP contribution in [0.2, 0.25) is 5.02 Å². The molecule has 0 saturated carbocycles. The molecule has 4 heteroatoms. The molecule has 0 atom stereocenters. The van der Waals surface area contributed by atoms with E-state index in [0.29, 0.717) is 11.6 Å². The van der Waals surface area contributed by atoms with Crippen LogP contribution in [0.25, 0.3) is 5.65 Å². The number of nitrogens with zero attached hydrogens (tertiary/aromatic N) is 2. The first-order valence-electron chi connectivity index (χ1n) is 5.62. The van der Waals surface area contributed by atoms with Crippen LogP contribution in [0.1, 0.15) is 5.69 Å². The molecule has 90 valence electrons. The van der Waals surface area contributed by atoms with Crippen molar-refractivity contribution < 1.29 is 4.74 Å². The van der Waals surface area contributed by atoms with Gasteiger partial charge in [0.05, 0.1) is 5.69 Å². The summed E-state index contributed by atoms with van der Waals surface area (Å²) < 4.78 is 7.57. The summed E-state index contributed by atoms with van der Waals surface area (Å²) in [7, 11) is 0. The van der Waals surface area contributed by atoms with Crippen LogP contribution in [0.15, 0.2) is 54.9 Å². The van der Waals surface area contributed by atoms with E-state index in [-0.39, 0.29) is 0 Å². The number of ether oxygens (including phenoxy) is 1. The predicted octanol–water partition coefficient (Wildman–Crippen LogP) is 3.57. The van der Waals surface area contributed by atoms with Crippen LogP contribution in [-0.2, 0) is 6.61 Å². The highest BCUT2D eigenvalue weighted by atomic mass is 35.5. The SMILES string of the molecule is Clc1ccn2cc(COc3ccccc3)nc2c1. The number of benzene rings is 1. The minimum Gasteiger partial charge on any atom is -0.487 e. The topological polar surface area (TPSA) is 26.5 Å². The van der Waals surface area contributed by atoms with Gasteiger partial charge in [0.15, 0.2) is 0 Å². The largest absolute Gasteiger partial charge is 0.487 e. The lowest BCUT2D eigenvalue weighted by atomic mass is 10.3. The van der Waals surface area contributed by atoms with Crippen LogP contribution in [0.5, 0.6) is 5.75 Å². The van der Waals surface area contributed by atoms with Gasteiger partial charge in [0.2, 0.25) is 0 Å². The fraction of sp³-hybridized carbons (Fsp3) is 0.0714. The van der Waals surface area contributed by atoms with Crippen molar-refractivity contribution in [2.75, 3.05) is 0 Å². The number of fused-ring (bicyclic) bond motifs is 1. The molecule has 0 aliphatic carbocycles. The molecular weight excluding hydrogens is 248 g/mol. The highest BCUT2D eigenvalue weighted by molar-refractivity contribution is 6.30. The predicted molar refractivity (Wildman–Crippen MR) is 71.0 cm³/mol. The molecule has 0 bridgehead atoms. The number of hydrogen-bond donors (Lipinski definition) is 0. The number of imidazole rings is 1. The number of rotatable bonds is 3. The molecule has 0 N–H and O–H groups in total. The monoisotopic (exact) mass is 258 g/mol. The minimum absolute atomic E-state index is 0.448. The maximum atomic E-state index is 5.92. The van der Waals surface area contributed by atoms with E-state index in [9.17, 15) is 0 Å². The van der Waals surface area contributed by atoms with Gasteiger partial charge in [-0.05, 0) is 24.3 Å². The van der Waals surface area contributed by atoms with Gasteiger partial charge in [0.25, 0.3) is 0 Å². The van der Waals surface area contributed by atoms with Crippen molar-refractivity contribution in [1.82, 2.24) is 9.38 Å². The summed E-state index contributed by atoms with van der Waals surface area (Å²) in [5.74, 6) is 0.840. The Kier molecular flexibility index (Phi) is 2.90. The summed E-state index contributed by atoms with van der Waals surface area (Å²) in [4.78, 5) is 4.44. The van der Waals surface area contributed by atoms with E-state index in [4.69, 9.17) is 16.3 Å². The Balaban J connectivity index is 1.79. The Morgan fingerprint density at radius 3 is 2.83 bits per heavy atom. The third-order valence-corrected chi connectivity index (χ3v) is 2.84. The minimum atomic E-state index is 0.448. The van der Waals surface area contributed by atoms with Crippen molar-refractivity contribution in [1.29, 1.82) is 0 Å². The maximum absolute atomic E-state index is 5.92. The summed E-state index contributed by atoms with van der Waals surface area (Å²) in [6.45, 7) is 0.448. The molecular formula is C14H11ClN2O. The number of para-hydroxylation sites is 1. The van der Waals surface area contributed by atoms with Crippen LogP contribution in [0.4, 0.5) is 0 Å². The van der Waals surface area contributed by atoms with Gasteiger partial charge in [-0.3, -0.25) is 0 Å². The molecule has 0 spiro atoms. The van der Waals surface area contributed by atoms with E-state index < -0.39 is 0 Å². The zero-order valence-electron chi connectivity index (χ0n) is 9.58. The standard InChI is InChI=1S/C14H11ClN2O/c15-11-6-7-17-9-12(16-14(17)8-11)10-18-13-4-2-1-3-5-13/h1-9H,10H2. The summed E-state index contributed by atoms with van der Waals surface area (Å²) in [6, 6.07) is 13.3. The van der Waals surface area contributed by atoms with Gasteiger partial charge in [0, 0.05) is 17.4 Å². The molecule has 0 radical (unpaired) electrons. The first kappa shape index (κ1) is 11.1. The molecule has 3 rings (SSSR count). The lowest BCUT2D eigenvalue weighted by Gasteiger charge is -2.02. The van der Waals surface area contributed by atoms with Gasteiger partial charge in [-0.25, -0.2) is 4.98 Å². The van der Waals surface area contributed by atoms with E-state index in [0.717, 1.165) is 17.1 Å². The van der Waals surface area contributed by atoms with Gasteiger partial charge in [0.1, 0.15) is 18.0 Å². The average molecular weight is 259 g/mol. The van der Waals surface area contributed by atoms with E-state index in [1.54, 1.807) is 0 Å². The Bertz CT molecular complexity index is 664. The molecule has 3 aromatic rings. The van der Waals surface area contributed by atoms with Gasteiger partial charge in [-0.1, -0.05) is 29.8 Å². The third-order valence-electron chi connectivity index (χ3n) is 2.60. The summed E-state index contributed by atoms with van der Waals surface area (Å²) >= 11 is 5.92. The van der Waals surface area contributed by atoms with Crippen molar-refractivity contribution in [3.8, 4) is 5.75 Å². The summed E-state index contributed by atoms with van der Waals surface area (Å²) in [6.07, 6.45) is 3.82. The van der Waals surface area contributed by atoms with Crippen LogP contribution >= 0.6 is 11.6 Å². The molecule has 3 nitrogen and oxygen atoms in total. The second-order valence-electron chi connectivity index (χ2n) is 3.94. The van der Waals surface area contributed by atoms with Crippen LogP contribution in [0.3, 0.4) is 0 Å². The summed E-state index contributed by atoms with van der Waals surface area (Å²) in [5, 5.41) is 0.684. The van der Waals surface area contributed by atoms with Gasteiger partial charge >= 0.3 is 0 Å². The zero-order chi connectivity index (χ0) is 12.4. The fourth-order valence-corrected chi connectivity index (χ4v) is 1.91. The van der Waals surface area contributed by atoms with Gasteiger partial charge in [-0.15, -0.1) is 0 Å². The third kappa shape index (κ3) is 2.31. The van der Waals surface area contributed by atoms with E-state index in [2.05, 4.69) is 4.98 Å². The molecule has 2 aromatic heterocycles. The van der Waals surface area contributed by atoms with Gasteiger partial charge in [-0.2, -0.15) is 0 Å². The van der Waals surface area contributed by atoms with Crippen LogP contribution in [0, 0.1) is 0 Å². The molecule has 18 heavy (non-hydrogen) atoms. The van der Waals surface area contributed by atoms with E-state index in [1.165, 1.54) is 0 Å². The number of pyridine rings is 1. The molecule has 0 fully saturated rings. The number of halogens is 1. The molecule has 0 aliphatic rings. The lowest BCUT2D eigenvalue weighted by Crippen LogP contribution is -1.94. The molecule has 2 heterocycles. The first-order valence-corrected chi connectivity index (χ1v) is 6.00. The van der Waals surface area contributed by atoms with Crippen molar-refractivity contribution in [2.24, 2.45) is 0 Å². The van der Waals surface area contributed by atoms with Crippen molar-refractivity contribution in [3.63, 3.8) is 0 Å². The van der Waals surface area contributed by atoms with E-state index in [1.807, 2.05) is 59.3 Å². The van der Waals surface area contributed by atoms with E-state index >= 15 is 0 Å². The first-order chi connectivity index (χ1) is 8.81. The average Bonchev–Trinajstić information content (AvgIpc) is 2.79. The zero-order valence-corrected chi connectivity index (χ0v) is 10.3. The number of aromatic nitrogens is 2. The molecule has 0 amide bonds. The van der Waals surface area contributed by atoms with Crippen molar-refractivity contribution >= 4 is 17.2 Å². The van der Waals surface area contributed by atoms with Crippen LogP contribution in [-0.4, -0.2) is 9.38 Å². The molecule has 0 saturated heterocycles. The Morgan fingerprint density at radius 1 is 1.17 bits per heavy atom. The maximum Gasteiger partial charge on any atom is 0.138 e. The second-order valence-corrected chi connectivity index (χ2v) is 4.38. The Labute approximate surface area is 110 Å². The normalized spacial score (nSPS) is 10.7. The van der Waals surface area contributed by atoms with Crippen molar-refractivity contribution in [3.05, 3.63) is 65.6 Å². The number of hydrogen-bond acceptors (Lipinski definition) is 2. The Morgan fingerprint density at radius 2 is 2.00 bits per heavy atom. The molecule has 0 unspecified atom stereocenters. The second kappa shape index (κ2) is 4.70. The van der Waals surface area contributed by atoms with Gasteiger partial charge < -0.3 is 9.14 Å². The highest BCUT2D eigenvalue weighted by Crippen LogP contribution is 2.14. The highest BCUT2D eigenvalue weighted by Gasteiger charge is 2.02. The quantitative estimate of drug-likeness (QED) is 0.718. The summed E-state index contributed by atoms with van der Waals surface area (Å²) in [5.41, 5.74) is 1.70. The Hall–Kier alpha value is -2.00.